The Morgan fingerprint density at radius 1 is 1.29 bits per heavy atom. The van der Waals surface area contributed by atoms with Gasteiger partial charge in [0.1, 0.15) is 12.1 Å². The van der Waals surface area contributed by atoms with Crippen molar-refractivity contribution >= 4 is 24.0 Å². The fourth-order valence-corrected chi connectivity index (χ4v) is 2.03. The summed E-state index contributed by atoms with van der Waals surface area (Å²) < 4.78 is 1.80. The molecule has 1 aliphatic heterocycles. The predicted octanol–water partition coefficient (Wildman–Crippen LogP) is 0.264. The molecule has 1 fully saturated rings. The molecule has 17 heavy (non-hydrogen) atoms. The number of nitrogens with zero attached hydrogens (tertiary/aromatic N) is 5. The van der Waals surface area contributed by atoms with E-state index in [1.807, 2.05) is 6.92 Å². The van der Waals surface area contributed by atoms with Crippen LogP contribution in [0, 0.1) is 6.92 Å². The molecule has 0 unspecified atom stereocenters. The summed E-state index contributed by atoms with van der Waals surface area (Å²) in [6, 6.07) is 2.06. The summed E-state index contributed by atoms with van der Waals surface area (Å²) in [5.41, 5.74) is 0.981. The van der Waals surface area contributed by atoms with Gasteiger partial charge in [0.2, 0.25) is 0 Å². The summed E-state index contributed by atoms with van der Waals surface area (Å²) in [6.45, 7) is 6.01. The maximum Gasteiger partial charge on any atom is 0.254 e. The molecule has 0 atom stereocenters. The Balaban J connectivity index is 0.00000108. The lowest BCUT2D eigenvalue weighted by Gasteiger charge is -2.29. The molecule has 1 aliphatic rings. The highest BCUT2D eigenvalue weighted by atomic mass is 35.5. The Kier molecular flexibility index (Phi) is 3.44. The molecule has 0 saturated carbocycles. The third-order valence-corrected chi connectivity index (χ3v) is 2.80. The molecule has 1 N–H and O–H groups in total. The number of piperazine rings is 1. The second-order valence-electron chi connectivity index (χ2n) is 3.96. The minimum absolute atomic E-state index is 0. The number of hydrogen-bond donors (Lipinski definition) is 1. The minimum atomic E-state index is 0. The second kappa shape index (κ2) is 4.85. The van der Waals surface area contributed by atoms with Crippen LogP contribution in [0.3, 0.4) is 0 Å². The van der Waals surface area contributed by atoms with Crippen LogP contribution in [0.5, 0.6) is 0 Å². The van der Waals surface area contributed by atoms with E-state index in [-0.39, 0.29) is 12.4 Å². The smallest absolute Gasteiger partial charge is 0.254 e. The fraction of sp³-hybridized carbons (Fsp3) is 0.500. The average Bonchev–Trinajstić information content (AvgIpc) is 2.77. The third kappa shape index (κ3) is 2.18. The molecule has 0 aromatic carbocycles. The molecular weight excluding hydrogens is 240 g/mol. The molecule has 0 amide bonds. The van der Waals surface area contributed by atoms with Crippen LogP contribution in [-0.4, -0.2) is 45.8 Å². The Bertz CT molecular complexity index is 504. The summed E-state index contributed by atoms with van der Waals surface area (Å²) in [5, 5.41) is 7.55. The monoisotopic (exact) mass is 254 g/mol. The van der Waals surface area contributed by atoms with Gasteiger partial charge < -0.3 is 10.2 Å². The fourth-order valence-electron chi connectivity index (χ4n) is 2.03. The zero-order chi connectivity index (χ0) is 11.0. The lowest BCUT2D eigenvalue weighted by atomic mass is 10.3. The molecule has 6 nitrogen and oxygen atoms in total. The number of hydrogen-bond acceptors (Lipinski definition) is 5. The van der Waals surface area contributed by atoms with Crippen molar-refractivity contribution in [2.24, 2.45) is 0 Å². The molecule has 3 rings (SSSR count). The van der Waals surface area contributed by atoms with Crippen LogP contribution < -0.4 is 10.2 Å². The molecule has 0 aliphatic carbocycles. The van der Waals surface area contributed by atoms with Crippen LogP contribution in [0.2, 0.25) is 0 Å². The van der Waals surface area contributed by atoms with E-state index >= 15 is 0 Å². The lowest BCUT2D eigenvalue weighted by molar-refractivity contribution is 0.579. The maximum atomic E-state index is 4.34. The lowest BCUT2D eigenvalue weighted by Crippen LogP contribution is -2.44. The molecule has 1 saturated heterocycles. The van der Waals surface area contributed by atoms with Crippen LogP contribution in [0.25, 0.3) is 5.78 Å². The number of nitrogens with one attached hydrogen (secondary N) is 1. The van der Waals surface area contributed by atoms with E-state index in [4.69, 9.17) is 0 Å². The number of aryl methyl sites for hydroxylation is 1. The SMILES string of the molecule is Cc1cc(N2CCNCC2)n2ncnc2n1.Cl. The number of fused-ring (bicyclic) bond motifs is 1. The molecule has 0 bridgehead atoms. The van der Waals surface area contributed by atoms with Gasteiger partial charge in [-0.2, -0.15) is 14.6 Å². The standard InChI is InChI=1S/C10H14N6.ClH/c1-8-6-9(15-4-2-11-3-5-15)16-10(14-8)12-7-13-16;/h6-7,11H,2-5H2,1H3;1H. The largest absolute Gasteiger partial charge is 0.354 e. The Labute approximate surface area is 105 Å². The first-order chi connectivity index (χ1) is 7.84. The van der Waals surface area contributed by atoms with Gasteiger partial charge in [-0.1, -0.05) is 0 Å². The van der Waals surface area contributed by atoms with Gasteiger partial charge in [-0.25, -0.2) is 4.98 Å². The number of aromatic nitrogens is 4. The van der Waals surface area contributed by atoms with E-state index in [0.717, 1.165) is 37.7 Å². The van der Waals surface area contributed by atoms with E-state index in [0.29, 0.717) is 5.78 Å². The van der Waals surface area contributed by atoms with Crippen molar-refractivity contribution in [3.8, 4) is 0 Å². The normalized spacial score (nSPS) is 15.9. The molecular formula is C10H15ClN6. The van der Waals surface area contributed by atoms with Crippen molar-refractivity contribution in [1.29, 1.82) is 0 Å². The Morgan fingerprint density at radius 3 is 2.82 bits per heavy atom. The predicted molar refractivity (Wildman–Crippen MR) is 67.8 cm³/mol. The van der Waals surface area contributed by atoms with E-state index in [9.17, 15) is 0 Å². The molecule has 7 heteroatoms. The van der Waals surface area contributed by atoms with Gasteiger partial charge in [-0.15, -0.1) is 12.4 Å². The van der Waals surface area contributed by atoms with E-state index in [1.54, 1.807) is 10.8 Å². The molecule has 3 heterocycles. The summed E-state index contributed by atoms with van der Waals surface area (Å²) in [4.78, 5) is 10.8. The first-order valence-corrected chi connectivity index (χ1v) is 5.47. The topological polar surface area (TPSA) is 58.4 Å². The van der Waals surface area contributed by atoms with Gasteiger partial charge >= 0.3 is 0 Å². The number of anilines is 1. The van der Waals surface area contributed by atoms with Crippen LogP contribution in [0.1, 0.15) is 5.69 Å². The van der Waals surface area contributed by atoms with Gasteiger partial charge in [-0.05, 0) is 6.92 Å². The number of rotatable bonds is 1. The first kappa shape index (κ1) is 12.1. The highest BCUT2D eigenvalue weighted by Gasteiger charge is 2.15. The van der Waals surface area contributed by atoms with Crippen molar-refractivity contribution in [2.45, 2.75) is 6.92 Å². The van der Waals surface area contributed by atoms with Crippen molar-refractivity contribution in [3.05, 3.63) is 18.1 Å². The maximum absolute atomic E-state index is 4.34. The van der Waals surface area contributed by atoms with Crippen molar-refractivity contribution in [2.75, 3.05) is 31.1 Å². The van der Waals surface area contributed by atoms with Crippen LogP contribution >= 0.6 is 12.4 Å². The van der Waals surface area contributed by atoms with Crippen LogP contribution in [-0.2, 0) is 0 Å². The molecule has 0 spiro atoms. The number of halogens is 1. The van der Waals surface area contributed by atoms with Crippen LogP contribution in [0.15, 0.2) is 12.4 Å². The molecule has 2 aromatic rings. The van der Waals surface area contributed by atoms with Gasteiger partial charge in [0, 0.05) is 37.9 Å². The second-order valence-corrected chi connectivity index (χ2v) is 3.96. The Hall–Kier alpha value is -1.40. The quantitative estimate of drug-likeness (QED) is 0.791. The summed E-state index contributed by atoms with van der Waals surface area (Å²) >= 11 is 0. The zero-order valence-electron chi connectivity index (χ0n) is 9.63. The van der Waals surface area contributed by atoms with Gasteiger partial charge in [-0.3, -0.25) is 0 Å². The molecule has 2 aromatic heterocycles. The average molecular weight is 255 g/mol. The van der Waals surface area contributed by atoms with E-state index in [2.05, 4.69) is 31.3 Å². The highest BCUT2D eigenvalue weighted by molar-refractivity contribution is 5.85. The van der Waals surface area contributed by atoms with Crippen molar-refractivity contribution in [3.63, 3.8) is 0 Å². The molecule has 0 radical (unpaired) electrons. The zero-order valence-corrected chi connectivity index (χ0v) is 10.4. The van der Waals surface area contributed by atoms with Crippen LogP contribution in [0.4, 0.5) is 5.82 Å². The third-order valence-electron chi connectivity index (χ3n) is 2.80. The van der Waals surface area contributed by atoms with Gasteiger partial charge in [0.25, 0.3) is 5.78 Å². The van der Waals surface area contributed by atoms with Gasteiger partial charge in [0.05, 0.1) is 0 Å². The van der Waals surface area contributed by atoms with E-state index < -0.39 is 0 Å². The van der Waals surface area contributed by atoms with E-state index in [1.165, 1.54) is 0 Å². The highest BCUT2D eigenvalue weighted by Crippen LogP contribution is 2.15. The van der Waals surface area contributed by atoms with Gasteiger partial charge in [0.15, 0.2) is 0 Å². The molecule has 92 valence electrons. The summed E-state index contributed by atoms with van der Waals surface area (Å²) in [6.07, 6.45) is 1.55. The minimum Gasteiger partial charge on any atom is -0.354 e. The summed E-state index contributed by atoms with van der Waals surface area (Å²) in [5.74, 6) is 1.76. The first-order valence-electron chi connectivity index (χ1n) is 5.47. The summed E-state index contributed by atoms with van der Waals surface area (Å²) in [7, 11) is 0. The van der Waals surface area contributed by atoms with Crippen molar-refractivity contribution in [1.82, 2.24) is 24.9 Å². The Morgan fingerprint density at radius 2 is 2.06 bits per heavy atom. The van der Waals surface area contributed by atoms with Crippen molar-refractivity contribution < 1.29 is 0 Å².